The van der Waals surface area contributed by atoms with Crippen molar-refractivity contribution in [1.29, 1.82) is 0 Å². The zero-order chi connectivity index (χ0) is 17.4. The van der Waals surface area contributed by atoms with Crippen molar-refractivity contribution in [3.05, 3.63) is 0 Å². The highest BCUT2D eigenvalue weighted by Crippen LogP contribution is 2.23. The highest BCUT2D eigenvalue weighted by Gasteiger charge is 2.28. The van der Waals surface area contributed by atoms with E-state index in [1.54, 1.807) is 0 Å². The number of hydrogen-bond donors (Lipinski definition) is 0. The second kappa shape index (κ2) is 10.4. The molecule has 0 bridgehead atoms. The highest BCUT2D eigenvalue weighted by atomic mass is 16.5. The number of likely N-dealkylation sites (tertiary alicyclic amines) is 2. The third-order valence-corrected chi connectivity index (χ3v) is 5.10. The van der Waals surface area contributed by atoms with Crippen LogP contribution >= 0.6 is 0 Å². The van der Waals surface area contributed by atoms with E-state index in [4.69, 9.17) is 4.74 Å². The van der Waals surface area contributed by atoms with Crippen LogP contribution in [0, 0.1) is 5.92 Å². The Morgan fingerprint density at radius 2 is 1.65 bits per heavy atom. The van der Waals surface area contributed by atoms with E-state index < -0.39 is 0 Å². The predicted molar refractivity (Wildman–Crippen MR) is 96.9 cm³/mol. The van der Waals surface area contributed by atoms with Gasteiger partial charge in [-0.1, -0.05) is 27.7 Å². The van der Waals surface area contributed by atoms with Crippen molar-refractivity contribution in [2.75, 3.05) is 33.2 Å². The van der Waals surface area contributed by atoms with Crippen molar-refractivity contribution in [2.45, 2.75) is 78.6 Å². The molecular formula is C19H38N2O2. The molecule has 0 aromatic carbocycles. The second-order valence-corrected chi connectivity index (χ2v) is 7.21. The number of nitrogens with zero attached hydrogens (tertiary/aromatic N) is 2. The molecule has 0 radical (unpaired) electrons. The Kier molecular flexibility index (Phi) is 9.33. The number of ether oxygens (including phenoxy) is 1. The summed E-state index contributed by atoms with van der Waals surface area (Å²) in [5.74, 6) is 0.512. The van der Waals surface area contributed by atoms with Crippen LogP contribution in [0.15, 0.2) is 0 Å². The summed E-state index contributed by atoms with van der Waals surface area (Å²) in [5, 5.41) is 0. The largest absolute Gasteiger partial charge is 0.375 e. The molecule has 2 aliphatic heterocycles. The van der Waals surface area contributed by atoms with Gasteiger partial charge in [0.05, 0.1) is 18.8 Å². The molecule has 2 heterocycles. The van der Waals surface area contributed by atoms with Crippen LogP contribution in [0.25, 0.3) is 0 Å². The van der Waals surface area contributed by atoms with Gasteiger partial charge in [0, 0.05) is 31.6 Å². The van der Waals surface area contributed by atoms with Crippen molar-refractivity contribution in [3.63, 3.8) is 0 Å². The number of hydrogen-bond acceptors (Lipinski definition) is 4. The van der Waals surface area contributed by atoms with Crippen LogP contribution in [-0.2, 0) is 9.53 Å². The number of carbonyl (C=O) groups excluding carboxylic acids is 1. The number of piperidine rings is 2. The quantitative estimate of drug-likeness (QED) is 0.777. The molecule has 0 unspecified atom stereocenters. The zero-order valence-corrected chi connectivity index (χ0v) is 16.2. The van der Waals surface area contributed by atoms with Crippen molar-refractivity contribution in [2.24, 2.45) is 5.92 Å². The van der Waals surface area contributed by atoms with Crippen molar-refractivity contribution in [3.8, 4) is 0 Å². The summed E-state index contributed by atoms with van der Waals surface area (Å²) in [7, 11) is 2.20. The maximum Gasteiger partial charge on any atom is 0.149 e. The molecule has 2 aliphatic rings. The van der Waals surface area contributed by atoms with Gasteiger partial charge in [-0.3, -0.25) is 9.69 Å². The molecular weight excluding hydrogens is 288 g/mol. The number of carbonyl (C=O) groups is 1. The molecule has 0 aromatic heterocycles. The maximum atomic E-state index is 11.8. The maximum absolute atomic E-state index is 11.8. The van der Waals surface area contributed by atoms with Gasteiger partial charge in [-0.05, 0) is 39.7 Å². The molecule has 0 N–H and O–H groups in total. The zero-order valence-electron chi connectivity index (χ0n) is 16.2. The molecule has 0 spiro atoms. The first-order chi connectivity index (χ1) is 11.0. The lowest BCUT2D eigenvalue weighted by molar-refractivity contribution is -0.124. The average Bonchev–Trinajstić information content (AvgIpc) is 2.54. The molecule has 0 aromatic rings. The predicted octanol–water partition coefficient (Wildman–Crippen LogP) is 3.20. The van der Waals surface area contributed by atoms with Gasteiger partial charge in [-0.15, -0.1) is 0 Å². The summed E-state index contributed by atoms with van der Waals surface area (Å²) >= 11 is 0. The van der Waals surface area contributed by atoms with E-state index in [2.05, 4.69) is 23.8 Å². The monoisotopic (exact) mass is 326 g/mol. The van der Waals surface area contributed by atoms with Crippen LogP contribution in [0.5, 0.6) is 0 Å². The molecule has 23 heavy (non-hydrogen) atoms. The Morgan fingerprint density at radius 3 is 2.17 bits per heavy atom. The Hall–Kier alpha value is -0.450. The van der Waals surface area contributed by atoms with Crippen LogP contribution in [0.3, 0.4) is 0 Å². The Bertz CT molecular complexity index is 338. The summed E-state index contributed by atoms with van der Waals surface area (Å²) in [4.78, 5) is 16.5. The molecule has 2 atom stereocenters. The van der Waals surface area contributed by atoms with E-state index >= 15 is 0 Å². The van der Waals surface area contributed by atoms with Crippen molar-refractivity contribution < 1.29 is 9.53 Å². The van der Waals surface area contributed by atoms with Gasteiger partial charge in [-0.2, -0.15) is 0 Å². The Morgan fingerprint density at radius 1 is 1.09 bits per heavy atom. The molecule has 0 aliphatic carbocycles. The fourth-order valence-corrected chi connectivity index (χ4v) is 3.25. The fraction of sp³-hybridized carbons (Fsp3) is 0.947. The van der Waals surface area contributed by atoms with Gasteiger partial charge in [0.2, 0.25) is 0 Å². The van der Waals surface area contributed by atoms with E-state index in [0.717, 1.165) is 45.3 Å². The first-order valence-corrected chi connectivity index (χ1v) is 9.56. The summed E-state index contributed by atoms with van der Waals surface area (Å²) < 4.78 is 6.31. The molecule has 2 saturated heterocycles. The van der Waals surface area contributed by atoms with Gasteiger partial charge in [-0.25, -0.2) is 0 Å². The molecule has 0 saturated carbocycles. The molecule has 4 heteroatoms. The minimum absolute atomic E-state index is 0.152. The smallest absolute Gasteiger partial charge is 0.149 e. The SMILES string of the molecule is CC.CC(C)C(=O)CN1CCC(O[C@H]2CCN(C)[C@@H](C)C2)CC1. The van der Waals surface area contributed by atoms with E-state index in [1.165, 1.54) is 0 Å². The number of rotatable bonds is 5. The highest BCUT2D eigenvalue weighted by molar-refractivity contribution is 5.82. The van der Waals surface area contributed by atoms with E-state index in [-0.39, 0.29) is 5.92 Å². The summed E-state index contributed by atoms with van der Waals surface area (Å²) in [5.41, 5.74) is 0. The van der Waals surface area contributed by atoms with E-state index in [0.29, 0.717) is 30.6 Å². The average molecular weight is 327 g/mol. The van der Waals surface area contributed by atoms with Crippen molar-refractivity contribution >= 4 is 5.78 Å². The second-order valence-electron chi connectivity index (χ2n) is 7.21. The summed E-state index contributed by atoms with van der Waals surface area (Å²) in [6, 6.07) is 0.632. The van der Waals surface area contributed by atoms with Crippen LogP contribution in [0.4, 0.5) is 0 Å². The van der Waals surface area contributed by atoms with Crippen LogP contribution < -0.4 is 0 Å². The van der Waals surface area contributed by atoms with Gasteiger partial charge >= 0.3 is 0 Å². The van der Waals surface area contributed by atoms with Crippen molar-refractivity contribution in [1.82, 2.24) is 9.80 Å². The molecule has 4 nitrogen and oxygen atoms in total. The first-order valence-electron chi connectivity index (χ1n) is 9.56. The summed E-state index contributed by atoms with van der Waals surface area (Å²) in [6.07, 6.45) is 5.30. The lowest BCUT2D eigenvalue weighted by Crippen LogP contribution is -2.45. The molecule has 136 valence electrons. The standard InChI is InChI=1S/C17H32N2O2.C2H6/c1-13(2)17(20)12-19-9-6-15(7-10-19)21-16-5-8-18(4)14(3)11-16;1-2/h13-16H,5-12H2,1-4H3;1-2H3/t14-,16-;/m0./s1. The van der Waals surface area contributed by atoms with E-state index in [9.17, 15) is 4.79 Å². The Balaban J connectivity index is 0.00000127. The fourth-order valence-electron chi connectivity index (χ4n) is 3.25. The number of ketones is 1. The van der Waals surface area contributed by atoms with Crippen LogP contribution in [0.2, 0.25) is 0 Å². The van der Waals surface area contributed by atoms with Gasteiger partial charge in [0.25, 0.3) is 0 Å². The van der Waals surface area contributed by atoms with Crippen LogP contribution in [0.1, 0.15) is 60.3 Å². The van der Waals surface area contributed by atoms with Crippen LogP contribution in [-0.4, -0.2) is 67.1 Å². The minimum Gasteiger partial charge on any atom is -0.375 e. The lowest BCUT2D eigenvalue weighted by Gasteiger charge is -2.38. The van der Waals surface area contributed by atoms with Gasteiger partial charge in [0.15, 0.2) is 0 Å². The third kappa shape index (κ3) is 6.90. The number of Topliss-reactive ketones (excluding diaryl/α,β-unsaturated/α-hetero) is 1. The molecule has 2 fully saturated rings. The topological polar surface area (TPSA) is 32.8 Å². The normalized spacial score (nSPS) is 27.6. The van der Waals surface area contributed by atoms with Gasteiger partial charge < -0.3 is 9.64 Å². The minimum atomic E-state index is 0.152. The molecule has 0 amide bonds. The van der Waals surface area contributed by atoms with Gasteiger partial charge in [0.1, 0.15) is 5.78 Å². The third-order valence-electron chi connectivity index (χ3n) is 5.10. The Labute approximate surface area is 143 Å². The first kappa shape index (κ1) is 20.6. The van der Waals surface area contributed by atoms with E-state index in [1.807, 2.05) is 27.7 Å². The summed E-state index contributed by atoms with van der Waals surface area (Å²) in [6.45, 7) is 14.0. The molecule has 2 rings (SSSR count). The lowest BCUT2D eigenvalue weighted by atomic mass is 10.00.